The van der Waals surface area contributed by atoms with Crippen LogP contribution in [0, 0.1) is 12.7 Å². The van der Waals surface area contributed by atoms with Gasteiger partial charge in [0.2, 0.25) is 0 Å². The van der Waals surface area contributed by atoms with E-state index in [9.17, 15) is 4.39 Å². The first-order valence-corrected chi connectivity index (χ1v) is 10.8. The molecule has 7 nitrogen and oxygen atoms in total. The first-order chi connectivity index (χ1) is 15.2. The predicted octanol–water partition coefficient (Wildman–Crippen LogP) is 0.554. The Morgan fingerprint density at radius 2 is 1.84 bits per heavy atom. The molecule has 32 heavy (non-hydrogen) atoms. The maximum Gasteiger partial charge on any atom is 0.165 e. The van der Waals surface area contributed by atoms with Crippen LogP contribution in [0.4, 0.5) is 4.39 Å². The lowest BCUT2D eigenvalue weighted by atomic mass is 10.0. The molecule has 0 radical (unpaired) electrons. The number of halogens is 2. The Labute approximate surface area is 192 Å². The second kappa shape index (κ2) is 9.75. The summed E-state index contributed by atoms with van der Waals surface area (Å²) in [4.78, 5) is 6.98. The summed E-state index contributed by atoms with van der Waals surface area (Å²) >= 11 is 0. The third kappa shape index (κ3) is 4.66. The molecule has 0 unspecified atom stereocenters. The maximum absolute atomic E-state index is 13.6. The molecule has 0 aliphatic carbocycles. The predicted molar refractivity (Wildman–Crippen MR) is 116 cm³/mol. The molecule has 0 amide bonds. The molecule has 2 aromatic heterocycles. The van der Waals surface area contributed by atoms with Gasteiger partial charge in [-0.05, 0) is 54.3 Å². The molecule has 9 heteroatoms. The zero-order chi connectivity index (χ0) is 21.2. The van der Waals surface area contributed by atoms with Crippen molar-refractivity contribution in [3.8, 4) is 0 Å². The lowest BCUT2D eigenvalue weighted by Crippen LogP contribution is -3.00. The summed E-state index contributed by atoms with van der Waals surface area (Å²) in [5.41, 5.74) is 3.03. The molecule has 2 aromatic carbocycles. The Morgan fingerprint density at radius 1 is 1.06 bits per heavy atom. The molecule has 3 heterocycles. The molecule has 0 bridgehead atoms. The van der Waals surface area contributed by atoms with Crippen LogP contribution in [0.3, 0.4) is 0 Å². The van der Waals surface area contributed by atoms with Gasteiger partial charge in [0.05, 0.1) is 17.6 Å². The molecular formula is C23H26ClFN7-. The zero-order valence-electron chi connectivity index (χ0n) is 18.0. The Balaban J connectivity index is 0.00000245. The van der Waals surface area contributed by atoms with E-state index in [1.807, 2.05) is 23.7 Å². The number of rotatable bonds is 6. The number of likely N-dealkylation sites (tertiary alicyclic amines) is 1. The van der Waals surface area contributed by atoms with Crippen molar-refractivity contribution in [2.75, 3.05) is 13.1 Å². The van der Waals surface area contributed by atoms with E-state index in [2.05, 4.69) is 54.2 Å². The minimum Gasteiger partial charge on any atom is -1.00 e. The van der Waals surface area contributed by atoms with Crippen LogP contribution >= 0.6 is 0 Å². The number of imidazole rings is 1. The van der Waals surface area contributed by atoms with Crippen LogP contribution in [-0.2, 0) is 19.5 Å². The van der Waals surface area contributed by atoms with E-state index in [0.29, 0.717) is 6.04 Å². The monoisotopic (exact) mass is 454 g/mol. The molecule has 0 saturated carbocycles. The van der Waals surface area contributed by atoms with Crippen molar-refractivity contribution in [1.82, 2.24) is 34.7 Å². The Kier molecular flexibility index (Phi) is 6.81. The van der Waals surface area contributed by atoms with Crippen molar-refractivity contribution in [3.05, 3.63) is 71.6 Å². The van der Waals surface area contributed by atoms with Crippen LogP contribution in [0.2, 0.25) is 0 Å². The van der Waals surface area contributed by atoms with Gasteiger partial charge in [0.25, 0.3) is 0 Å². The van der Waals surface area contributed by atoms with E-state index in [4.69, 9.17) is 0 Å². The van der Waals surface area contributed by atoms with Crippen molar-refractivity contribution < 1.29 is 16.8 Å². The molecule has 1 saturated heterocycles. The minimum absolute atomic E-state index is 0. The van der Waals surface area contributed by atoms with Crippen LogP contribution in [0.15, 0.2) is 48.5 Å². The van der Waals surface area contributed by atoms with Crippen LogP contribution in [0.1, 0.15) is 36.1 Å². The molecule has 168 valence electrons. The number of nitrogens with zero attached hydrogens (tertiary/aromatic N) is 7. The Morgan fingerprint density at radius 3 is 2.62 bits per heavy atom. The highest BCUT2D eigenvalue weighted by molar-refractivity contribution is 5.76. The molecule has 0 atom stereocenters. The lowest BCUT2D eigenvalue weighted by Gasteiger charge is -2.33. The van der Waals surface area contributed by atoms with Gasteiger partial charge in [-0.25, -0.2) is 14.1 Å². The number of hydrogen-bond acceptors (Lipinski definition) is 5. The van der Waals surface area contributed by atoms with E-state index in [1.54, 1.807) is 0 Å². The fourth-order valence-corrected chi connectivity index (χ4v) is 4.58. The summed E-state index contributed by atoms with van der Waals surface area (Å²) in [6.07, 6.45) is 2.96. The maximum atomic E-state index is 13.6. The van der Waals surface area contributed by atoms with E-state index >= 15 is 0 Å². The fourth-order valence-electron chi connectivity index (χ4n) is 4.58. The number of aromatic nitrogens is 6. The van der Waals surface area contributed by atoms with Crippen LogP contribution < -0.4 is 12.4 Å². The first-order valence-electron chi connectivity index (χ1n) is 10.8. The lowest BCUT2D eigenvalue weighted by molar-refractivity contribution is -0.00000736. The summed E-state index contributed by atoms with van der Waals surface area (Å²) in [5.74, 6) is 1.62. The highest BCUT2D eigenvalue weighted by atomic mass is 35.5. The third-order valence-corrected chi connectivity index (χ3v) is 6.18. The van der Waals surface area contributed by atoms with Gasteiger partial charge in [-0.3, -0.25) is 4.90 Å². The molecule has 1 fully saturated rings. The minimum atomic E-state index is -0.239. The summed E-state index contributed by atoms with van der Waals surface area (Å²) in [6.45, 7) is 5.47. The van der Waals surface area contributed by atoms with Crippen molar-refractivity contribution in [2.24, 2.45) is 0 Å². The van der Waals surface area contributed by atoms with Gasteiger partial charge >= 0.3 is 0 Å². The average Bonchev–Trinajstić information content (AvgIpc) is 3.36. The fraction of sp³-hybridized carbons (Fsp3) is 0.391. The molecule has 1 aliphatic rings. The number of aryl methyl sites for hydroxylation is 3. The second-order valence-corrected chi connectivity index (χ2v) is 8.22. The quantitative estimate of drug-likeness (QED) is 0.426. The van der Waals surface area contributed by atoms with Crippen LogP contribution in [-0.4, -0.2) is 47.7 Å². The van der Waals surface area contributed by atoms with E-state index < -0.39 is 0 Å². The van der Waals surface area contributed by atoms with Crippen LogP contribution in [0.25, 0.3) is 11.0 Å². The average molecular weight is 455 g/mol. The number of benzene rings is 2. The van der Waals surface area contributed by atoms with Crippen LogP contribution in [0.5, 0.6) is 0 Å². The number of fused-ring (bicyclic) bond motifs is 1. The summed E-state index contributed by atoms with van der Waals surface area (Å²) in [6, 6.07) is 15.7. The van der Waals surface area contributed by atoms with Crippen molar-refractivity contribution in [1.29, 1.82) is 0 Å². The van der Waals surface area contributed by atoms with Gasteiger partial charge in [-0.2, -0.15) is 0 Å². The topological polar surface area (TPSA) is 64.7 Å². The number of hydrogen-bond donors (Lipinski definition) is 0. The molecule has 0 spiro atoms. The van der Waals surface area contributed by atoms with Gasteiger partial charge in [-0.1, -0.05) is 30.3 Å². The standard InChI is InChI=1S/C23H26FN7.ClH/c1-17-25-21-15-19(24)7-8-22(21)31(17)20-10-12-29(13-11-20)16-23-26-27-28-30(23)14-9-18-5-3-2-4-6-18;/h2-8,15,20H,9-14,16H2,1H3;1H/p-1. The SMILES string of the molecule is Cc1nc2cc(F)ccc2n1C1CCN(Cc2nnnn2CCc2ccccc2)CC1.[Cl-]. The van der Waals surface area contributed by atoms with Crippen molar-refractivity contribution in [2.45, 2.75) is 45.3 Å². The van der Waals surface area contributed by atoms with Gasteiger partial charge in [0.15, 0.2) is 5.82 Å². The summed E-state index contributed by atoms with van der Waals surface area (Å²) < 4.78 is 17.8. The van der Waals surface area contributed by atoms with E-state index in [1.165, 1.54) is 17.7 Å². The number of piperidine rings is 1. The highest BCUT2D eigenvalue weighted by Gasteiger charge is 2.24. The van der Waals surface area contributed by atoms with Crippen molar-refractivity contribution in [3.63, 3.8) is 0 Å². The Bertz CT molecular complexity index is 1170. The molecule has 1 aliphatic heterocycles. The molecule has 4 aromatic rings. The molecular weight excluding hydrogens is 429 g/mol. The normalized spacial score (nSPS) is 15.2. The largest absolute Gasteiger partial charge is 1.00 e. The zero-order valence-corrected chi connectivity index (χ0v) is 18.8. The smallest absolute Gasteiger partial charge is 0.165 e. The Hall–Kier alpha value is -2.84. The highest BCUT2D eigenvalue weighted by Crippen LogP contribution is 2.29. The second-order valence-electron chi connectivity index (χ2n) is 8.22. The first kappa shape index (κ1) is 22.4. The van der Waals surface area contributed by atoms with Gasteiger partial charge in [0.1, 0.15) is 11.6 Å². The van der Waals surface area contributed by atoms with E-state index in [0.717, 1.165) is 68.1 Å². The third-order valence-electron chi connectivity index (χ3n) is 6.18. The van der Waals surface area contributed by atoms with Gasteiger partial charge < -0.3 is 17.0 Å². The molecule has 0 N–H and O–H groups in total. The summed E-state index contributed by atoms with van der Waals surface area (Å²) in [7, 11) is 0. The molecule has 5 rings (SSSR count). The van der Waals surface area contributed by atoms with Gasteiger partial charge in [0, 0.05) is 31.7 Å². The van der Waals surface area contributed by atoms with E-state index in [-0.39, 0.29) is 18.2 Å². The van der Waals surface area contributed by atoms with Gasteiger partial charge in [-0.15, -0.1) is 5.10 Å². The number of tetrazole rings is 1. The summed E-state index contributed by atoms with van der Waals surface area (Å²) in [5, 5.41) is 12.4. The van der Waals surface area contributed by atoms with Crippen molar-refractivity contribution >= 4 is 11.0 Å².